The molecule has 8 nitrogen and oxygen atoms in total. The van der Waals surface area contributed by atoms with Crippen molar-refractivity contribution < 1.29 is 8.78 Å². The fourth-order valence-electron chi connectivity index (χ4n) is 4.73. The second-order valence-electron chi connectivity index (χ2n) is 8.93. The maximum atomic E-state index is 14.9. The first-order valence-corrected chi connectivity index (χ1v) is 11.5. The molecule has 2 N–H and O–H groups in total. The highest BCUT2D eigenvalue weighted by molar-refractivity contribution is 5.83. The van der Waals surface area contributed by atoms with Crippen LogP contribution in [0.3, 0.4) is 0 Å². The lowest BCUT2D eigenvalue weighted by Gasteiger charge is -2.29. The molecular weight excluding hydrogens is 438 g/mol. The topological polar surface area (TPSA) is 83.8 Å². The van der Waals surface area contributed by atoms with Crippen LogP contribution in [0.1, 0.15) is 12.7 Å². The molecule has 34 heavy (non-hydrogen) atoms. The van der Waals surface area contributed by atoms with Crippen LogP contribution in [-0.2, 0) is 13.0 Å². The summed E-state index contributed by atoms with van der Waals surface area (Å²) in [5, 5.41) is 6.35. The minimum absolute atomic E-state index is 0.0253. The Balaban J connectivity index is 1.29. The number of aromatic nitrogens is 5. The zero-order chi connectivity index (χ0) is 23.2. The van der Waals surface area contributed by atoms with Gasteiger partial charge in [0.25, 0.3) is 0 Å². The van der Waals surface area contributed by atoms with Crippen LogP contribution in [-0.4, -0.2) is 50.7 Å². The number of hydrogen-bond donors (Lipinski definition) is 2. The summed E-state index contributed by atoms with van der Waals surface area (Å²) < 4.78 is 31.6. The standard InChI is InChI=1S/C24H24F2N8/c1-14-8-21-31-23-17(25)9-15(10-19(23)34(21)13-14)22-18(26)12-29-24(32-22)30-20-3-2-16(11-28-20)33-6-4-27-5-7-33/h2-3,9-12,14,27H,4-8,13H2,1H3,(H,28,29,30,32). The van der Waals surface area contributed by atoms with Crippen molar-refractivity contribution >= 4 is 28.5 Å². The SMILES string of the molecule is CC1Cc2nc3c(F)cc(-c4nc(Nc5ccc(N6CCNCC6)cn5)ncc4F)cc3n2C1. The van der Waals surface area contributed by atoms with Gasteiger partial charge in [-0.2, -0.15) is 0 Å². The summed E-state index contributed by atoms with van der Waals surface area (Å²) in [6, 6.07) is 6.86. The summed E-state index contributed by atoms with van der Waals surface area (Å²) in [7, 11) is 0. The number of halogens is 2. The van der Waals surface area contributed by atoms with Gasteiger partial charge in [0.05, 0.1) is 23.6 Å². The van der Waals surface area contributed by atoms with Crippen LogP contribution in [0, 0.1) is 17.6 Å². The number of anilines is 3. The van der Waals surface area contributed by atoms with Gasteiger partial charge in [0, 0.05) is 44.7 Å². The molecule has 1 saturated heterocycles. The van der Waals surface area contributed by atoms with Crippen LogP contribution in [0.5, 0.6) is 0 Å². The van der Waals surface area contributed by atoms with E-state index in [9.17, 15) is 8.78 Å². The predicted molar refractivity (Wildman–Crippen MR) is 126 cm³/mol. The Morgan fingerprint density at radius 3 is 2.68 bits per heavy atom. The first kappa shape index (κ1) is 20.9. The van der Waals surface area contributed by atoms with Gasteiger partial charge < -0.3 is 20.1 Å². The molecule has 1 atom stereocenters. The number of imidazole rings is 1. The second-order valence-corrected chi connectivity index (χ2v) is 8.93. The van der Waals surface area contributed by atoms with Crippen molar-refractivity contribution in [1.29, 1.82) is 0 Å². The number of fused-ring (bicyclic) bond motifs is 3. The lowest BCUT2D eigenvalue weighted by atomic mass is 10.1. The van der Waals surface area contributed by atoms with Crippen molar-refractivity contribution in [3.05, 3.63) is 54.1 Å². The van der Waals surface area contributed by atoms with Crippen LogP contribution in [0.4, 0.5) is 26.2 Å². The Kier molecular flexibility index (Phi) is 5.09. The Morgan fingerprint density at radius 2 is 1.88 bits per heavy atom. The molecule has 5 heterocycles. The highest BCUT2D eigenvalue weighted by atomic mass is 19.1. The number of piperazine rings is 1. The monoisotopic (exact) mass is 462 g/mol. The third kappa shape index (κ3) is 3.73. The zero-order valence-corrected chi connectivity index (χ0v) is 18.7. The van der Waals surface area contributed by atoms with Gasteiger partial charge in [-0.1, -0.05) is 6.92 Å². The van der Waals surface area contributed by atoms with Crippen LogP contribution >= 0.6 is 0 Å². The molecular formula is C24H24F2N8. The smallest absolute Gasteiger partial charge is 0.229 e. The van der Waals surface area contributed by atoms with Gasteiger partial charge in [0.2, 0.25) is 5.95 Å². The first-order valence-electron chi connectivity index (χ1n) is 11.5. The summed E-state index contributed by atoms with van der Waals surface area (Å²) >= 11 is 0. The van der Waals surface area contributed by atoms with E-state index < -0.39 is 11.6 Å². The molecule has 0 radical (unpaired) electrons. The summed E-state index contributed by atoms with van der Waals surface area (Å²) in [4.78, 5) is 19.5. The number of benzene rings is 1. The Labute approximate surface area is 195 Å². The average molecular weight is 463 g/mol. The minimum atomic E-state index is -0.624. The molecule has 6 rings (SSSR count). The quantitative estimate of drug-likeness (QED) is 0.480. The summed E-state index contributed by atoms with van der Waals surface area (Å²) in [6.07, 6.45) is 3.69. The molecule has 1 aromatic carbocycles. The zero-order valence-electron chi connectivity index (χ0n) is 18.7. The average Bonchev–Trinajstić information content (AvgIpc) is 3.38. The maximum absolute atomic E-state index is 14.9. The maximum Gasteiger partial charge on any atom is 0.229 e. The molecule has 1 fully saturated rings. The molecule has 4 aromatic rings. The summed E-state index contributed by atoms with van der Waals surface area (Å²) in [5.41, 5.74) is 2.38. The molecule has 174 valence electrons. The van der Waals surface area contributed by atoms with Gasteiger partial charge in [-0.25, -0.2) is 28.7 Å². The molecule has 10 heteroatoms. The molecule has 0 aliphatic carbocycles. The molecule has 1 unspecified atom stereocenters. The molecule has 0 saturated carbocycles. The lowest BCUT2D eigenvalue weighted by Crippen LogP contribution is -2.43. The normalized spacial score (nSPS) is 17.9. The van der Waals surface area contributed by atoms with Gasteiger partial charge in [-0.15, -0.1) is 0 Å². The number of nitrogens with zero attached hydrogens (tertiary/aromatic N) is 6. The van der Waals surface area contributed by atoms with Crippen molar-refractivity contribution in [2.45, 2.75) is 19.9 Å². The number of hydrogen-bond acceptors (Lipinski definition) is 7. The van der Waals surface area contributed by atoms with E-state index in [0.29, 0.717) is 28.3 Å². The van der Waals surface area contributed by atoms with Gasteiger partial charge in [-0.3, -0.25) is 0 Å². The van der Waals surface area contributed by atoms with E-state index in [1.165, 1.54) is 6.07 Å². The van der Waals surface area contributed by atoms with Gasteiger partial charge in [0.15, 0.2) is 11.6 Å². The number of rotatable bonds is 4. The van der Waals surface area contributed by atoms with Gasteiger partial charge >= 0.3 is 0 Å². The molecule has 0 spiro atoms. The van der Waals surface area contributed by atoms with Crippen molar-refractivity contribution in [1.82, 2.24) is 29.8 Å². The highest BCUT2D eigenvalue weighted by Gasteiger charge is 2.24. The number of pyridine rings is 1. The summed E-state index contributed by atoms with van der Waals surface area (Å²) in [6.45, 7) is 6.65. The fraction of sp³-hybridized carbons (Fsp3) is 0.333. The van der Waals surface area contributed by atoms with E-state index in [1.807, 2.05) is 16.7 Å². The molecule has 0 amide bonds. The van der Waals surface area contributed by atoms with Gasteiger partial charge in [0.1, 0.15) is 22.9 Å². The van der Waals surface area contributed by atoms with E-state index in [1.54, 1.807) is 12.3 Å². The van der Waals surface area contributed by atoms with Crippen LogP contribution in [0.25, 0.3) is 22.3 Å². The molecule has 3 aromatic heterocycles. The van der Waals surface area contributed by atoms with Crippen LogP contribution < -0.4 is 15.5 Å². The van der Waals surface area contributed by atoms with Crippen molar-refractivity contribution in [3.8, 4) is 11.3 Å². The van der Waals surface area contributed by atoms with Crippen LogP contribution in [0.15, 0.2) is 36.7 Å². The van der Waals surface area contributed by atoms with E-state index in [0.717, 1.165) is 56.9 Å². The first-order chi connectivity index (χ1) is 16.5. The summed E-state index contributed by atoms with van der Waals surface area (Å²) in [5.74, 6) is 0.919. The third-order valence-electron chi connectivity index (χ3n) is 6.40. The second kappa shape index (κ2) is 8.28. The Hall–Kier alpha value is -3.66. The van der Waals surface area contributed by atoms with E-state index in [4.69, 9.17) is 0 Å². The van der Waals surface area contributed by atoms with Crippen molar-refractivity contribution in [3.63, 3.8) is 0 Å². The Morgan fingerprint density at radius 1 is 1.03 bits per heavy atom. The predicted octanol–water partition coefficient (Wildman–Crippen LogP) is 3.51. The lowest BCUT2D eigenvalue weighted by molar-refractivity contribution is 0.570. The van der Waals surface area contributed by atoms with E-state index in [2.05, 4.69) is 42.4 Å². The molecule has 0 bridgehead atoms. The molecule has 2 aliphatic rings. The van der Waals surface area contributed by atoms with Crippen molar-refractivity contribution in [2.75, 3.05) is 36.4 Å². The van der Waals surface area contributed by atoms with Crippen LogP contribution in [0.2, 0.25) is 0 Å². The van der Waals surface area contributed by atoms with E-state index >= 15 is 0 Å². The minimum Gasteiger partial charge on any atom is -0.368 e. The van der Waals surface area contributed by atoms with E-state index in [-0.39, 0.29) is 11.6 Å². The van der Waals surface area contributed by atoms with Gasteiger partial charge in [-0.05, 0) is 30.2 Å². The third-order valence-corrected chi connectivity index (χ3v) is 6.40. The van der Waals surface area contributed by atoms with Crippen molar-refractivity contribution in [2.24, 2.45) is 5.92 Å². The Bertz CT molecular complexity index is 1360. The number of nitrogens with one attached hydrogen (secondary N) is 2. The largest absolute Gasteiger partial charge is 0.368 e. The molecule has 2 aliphatic heterocycles. The fourth-order valence-corrected chi connectivity index (χ4v) is 4.73. The highest BCUT2D eigenvalue weighted by Crippen LogP contribution is 2.32.